The van der Waals surface area contributed by atoms with Crippen molar-refractivity contribution in [2.45, 2.75) is 40.8 Å². The smallest absolute Gasteiger partial charge is 0.330 e. The first-order chi connectivity index (χ1) is 15.2. The standard InChI is InChI=1S/C23H23N5O4/c1-5-27-22-19(18(20(24)30)25-21(26-22)17-9-7-14(4)32-17)28(23(27)31)11-16(29)15-8-6-12(2)10-13(15)3/h6-10H,5,11H2,1-4H3,(H2,24,30). The number of hydrogen-bond donors (Lipinski definition) is 1. The number of aromatic nitrogens is 4. The fourth-order valence-corrected chi connectivity index (χ4v) is 3.84. The van der Waals surface area contributed by atoms with Gasteiger partial charge in [-0.3, -0.25) is 18.7 Å². The number of carbonyl (C=O) groups is 2. The van der Waals surface area contributed by atoms with E-state index in [0.29, 0.717) is 17.1 Å². The van der Waals surface area contributed by atoms with Crippen molar-refractivity contribution >= 4 is 22.9 Å². The number of nitrogens with zero attached hydrogens (tertiary/aromatic N) is 4. The van der Waals surface area contributed by atoms with Gasteiger partial charge in [0, 0.05) is 12.1 Å². The molecule has 0 saturated heterocycles. The van der Waals surface area contributed by atoms with Gasteiger partial charge in [-0.25, -0.2) is 14.8 Å². The van der Waals surface area contributed by atoms with E-state index in [-0.39, 0.29) is 41.6 Å². The minimum atomic E-state index is -0.831. The number of nitrogens with two attached hydrogens (primary N) is 1. The molecule has 0 radical (unpaired) electrons. The number of hydrogen-bond acceptors (Lipinski definition) is 6. The molecule has 9 heteroatoms. The molecule has 1 aromatic carbocycles. The normalized spacial score (nSPS) is 11.2. The molecule has 3 heterocycles. The number of imidazole rings is 1. The monoisotopic (exact) mass is 433 g/mol. The largest absolute Gasteiger partial charge is 0.458 e. The van der Waals surface area contributed by atoms with Crippen LogP contribution in [-0.4, -0.2) is 30.8 Å². The second-order valence-corrected chi connectivity index (χ2v) is 7.70. The van der Waals surface area contributed by atoms with Crippen LogP contribution in [0.2, 0.25) is 0 Å². The van der Waals surface area contributed by atoms with Gasteiger partial charge in [-0.2, -0.15) is 0 Å². The third-order valence-corrected chi connectivity index (χ3v) is 5.35. The third-order valence-electron chi connectivity index (χ3n) is 5.35. The van der Waals surface area contributed by atoms with Crippen LogP contribution in [0.15, 0.2) is 39.5 Å². The Balaban J connectivity index is 1.93. The molecule has 0 saturated carbocycles. The molecular weight excluding hydrogens is 410 g/mol. The van der Waals surface area contributed by atoms with Crippen molar-refractivity contribution < 1.29 is 14.0 Å². The maximum absolute atomic E-state index is 13.2. The quantitative estimate of drug-likeness (QED) is 0.466. The Labute approximate surface area is 183 Å². The highest BCUT2D eigenvalue weighted by atomic mass is 16.3. The molecule has 0 bridgehead atoms. The fourth-order valence-electron chi connectivity index (χ4n) is 3.84. The molecule has 0 aliphatic heterocycles. The summed E-state index contributed by atoms with van der Waals surface area (Å²) in [7, 11) is 0. The van der Waals surface area contributed by atoms with Gasteiger partial charge >= 0.3 is 5.69 Å². The van der Waals surface area contributed by atoms with Crippen LogP contribution in [0.1, 0.15) is 44.7 Å². The zero-order valence-electron chi connectivity index (χ0n) is 18.3. The summed E-state index contributed by atoms with van der Waals surface area (Å²) in [6.07, 6.45) is 0. The lowest BCUT2D eigenvalue weighted by atomic mass is 10.0. The van der Waals surface area contributed by atoms with Gasteiger partial charge in [0.15, 0.2) is 28.7 Å². The van der Waals surface area contributed by atoms with E-state index in [1.807, 2.05) is 26.0 Å². The number of aryl methyl sites for hydroxylation is 4. The summed E-state index contributed by atoms with van der Waals surface area (Å²) >= 11 is 0. The zero-order valence-corrected chi connectivity index (χ0v) is 18.3. The Bertz CT molecular complexity index is 1440. The van der Waals surface area contributed by atoms with Crippen LogP contribution in [0.3, 0.4) is 0 Å². The summed E-state index contributed by atoms with van der Waals surface area (Å²) in [5.74, 6) is 0.0400. The van der Waals surface area contributed by atoms with Crippen LogP contribution in [-0.2, 0) is 13.1 Å². The Hall–Kier alpha value is -4.01. The van der Waals surface area contributed by atoms with E-state index in [2.05, 4.69) is 9.97 Å². The molecule has 0 atom stereocenters. The van der Waals surface area contributed by atoms with Crippen LogP contribution in [0.4, 0.5) is 0 Å². The van der Waals surface area contributed by atoms with Crippen molar-refractivity contribution in [3.8, 4) is 11.6 Å². The molecule has 2 N–H and O–H groups in total. The van der Waals surface area contributed by atoms with Crippen molar-refractivity contribution in [3.63, 3.8) is 0 Å². The molecule has 4 rings (SSSR count). The SMILES string of the molecule is CCn1c(=O)n(CC(=O)c2ccc(C)cc2C)c2c(C(N)=O)nc(-c3ccc(C)o3)nc21. The number of carbonyl (C=O) groups excluding carboxylic acids is 2. The van der Waals surface area contributed by atoms with Crippen LogP contribution >= 0.6 is 0 Å². The van der Waals surface area contributed by atoms with E-state index >= 15 is 0 Å². The summed E-state index contributed by atoms with van der Waals surface area (Å²) in [5, 5.41) is 0. The Morgan fingerprint density at radius 3 is 2.41 bits per heavy atom. The Morgan fingerprint density at radius 2 is 1.81 bits per heavy atom. The van der Waals surface area contributed by atoms with E-state index in [1.54, 1.807) is 32.0 Å². The Morgan fingerprint density at radius 1 is 1.06 bits per heavy atom. The van der Waals surface area contributed by atoms with E-state index in [1.165, 1.54) is 9.13 Å². The van der Waals surface area contributed by atoms with Gasteiger partial charge in [-0.05, 0) is 45.4 Å². The number of amides is 1. The van der Waals surface area contributed by atoms with Crippen molar-refractivity contribution in [1.29, 1.82) is 0 Å². The minimum Gasteiger partial charge on any atom is -0.458 e. The molecule has 0 fully saturated rings. The summed E-state index contributed by atoms with van der Waals surface area (Å²) in [5.41, 5.74) is 7.71. The average Bonchev–Trinajstić information content (AvgIpc) is 3.28. The average molecular weight is 433 g/mol. The second kappa shape index (κ2) is 7.92. The molecule has 4 aromatic rings. The predicted octanol–water partition coefficient (Wildman–Crippen LogP) is 2.78. The zero-order chi connectivity index (χ0) is 23.2. The van der Waals surface area contributed by atoms with Crippen LogP contribution in [0, 0.1) is 20.8 Å². The molecular formula is C23H23N5O4. The summed E-state index contributed by atoms with van der Waals surface area (Å²) in [6, 6.07) is 8.90. The molecule has 0 aliphatic rings. The lowest BCUT2D eigenvalue weighted by Crippen LogP contribution is -2.27. The van der Waals surface area contributed by atoms with Gasteiger partial charge in [0.05, 0.1) is 6.54 Å². The predicted molar refractivity (Wildman–Crippen MR) is 119 cm³/mol. The lowest BCUT2D eigenvalue weighted by molar-refractivity contribution is 0.0965. The van der Waals surface area contributed by atoms with Gasteiger partial charge in [-0.15, -0.1) is 0 Å². The highest BCUT2D eigenvalue weighted by Gasteiger charge is 2.25. The van der Waals surface area contributed by atoms with Crippen molar-refractivity contribution in [2.75, 3.05) is 0 Å². The maximum Gasteiger partial charge on any atom is 0.330 e. The van der Waals surface area contributed by atoms with Crippen LogP contribution < -0.4 is 11.4 Å². The van der Waals surface area contributed by atoms with Crippen LogP contribution in [0.5, 0.6) is 0 Å². The van der Waals surface area contributed by atoms with Gasteiger partial charge < -0.3 is 10.2 Å². The number of benzene rings is 1. The number of furan rings is 1. The summed E-state index contributed by atoms with van der Waals surface area (Å²) in [4.78, 5) is 47.3. The molecule has 32 heavy (non-hydrogen) atoms. The molecule has 1 amide bonds. The maximum atomic E-state index is 13.2. The lowest BCUT2D eigenvalue weighted by Gasteiger charge is -2.08. The van der Waals surface area contributed by atoms with Crippen molar-refractivity contribution in [2.24, 2.45) is 5.73 Å². The first-order valence-electron chi connectivity index (χ1n) is 10.2. The number of primary amides is 1. The van der Waals surface area contributed by atoms with Crippen molar-refractivity contribution in [3.05, 3.63) is 69.0 Å². The molecule has 0 spiro atoms. The van der Waals surface area contributed by atoms with Gasteiger partial charge in [0.2, 0.25) is 0 Å². The van der Waals surface area contributed by atoms with Gasteiger partial charge in [0.25, 0.3) is 5.91 Å². The van der Waals surface area contributed by atoms with Gasteiger partial charge in [0.1, 0.15) is 11.3 Å². The number of ketones is 1. The van der Waals surface area contributed by atoms with Crippen LogP contribution in [0.25, 0.3) is 22.7 Å². The Kier molecular flexibility index (Phi) is 5.25. The summed E-state index contributed by atoms with van der Waals surface area (Å²) in [6.45, 7) is 7.35. The minimum absolute atomic E-state index is 0.134. The molecule has 3 aromatic heterocycles. The number of fused-ring (bicyclic) bond motifs is 1. The van der Waals surface area contributed by atoms with E-state index in [9.17, 15) is 14.4 Å². The number of Topliss-reactive ketones (excluding diaryl/α,β-unsaturated/α-hetero) is 1. The van der Waals surface area contributed by atoms with Crippen molar-refractivity contribution in [1.82, 2.24) is 19.1 Å². The topological polar surface area (TPSA) is 126 Å². The van der Waals surface area contributed by atoms with E-state index in [0.717, 1.165) is 11.1 Å². The fraction of sp³-hybridized carbons (Fsp3) is 0.261. The van der Waals surface area contributed by atoms with Gasteiger partial charge in [-0.1, -0.05) is 23.8 Å². The third kappa shape index (κ3) is 3.51. The molecule has 164 valence electrons. The molecule has 0 aliphatic carbocycles. The molecule has 0 unspecified atom stereocenters. The summed E-state index contributed by atoms with van der Waals surface area (Å²) < 4.78 is 8.19. The van der Waals surface area contributed by atoms with E-state index < -0.39 is 11.6 Å². The molecule has 9 nitrogen and oxygen atoms in total. The second-order valence-electron chi connectivity index (χ2n) is 7.70. The van der Waals surface area contributed by atoms with E-state index in [4.69, 9.17) is 10.2 Å². The highest BCUT2D eigenvalue weighted by Crippen LogP contribution is 2.24. The number of rotatable bonds is 6. The first kappa shape index (κ1) is 21.2. The highest BCUT2D eigenvalue weighted by molar-refractivity contribution is 6.03. The first-order valence-corrected chi connectivity index (χ1v) is 10.2.